The van der Waals surface area contributed by atoms with Gasteiger partial charge in [-0.2, -0.15) is 0 Å². The number of benzene rings is 2. The number of amides is 1. The number of nitrogens with two attached hydrogens (primary N) is 1. The molecule has 0 radical (unpaired) electrons. The predicted octanol–water partition coefficient (Wildman–Crippen LogP) is 4.40. The number of anilines is 3. The molecule has 2 heterocycles. The van der Waals surface area contributed by atoms with Crippen LogP contribution in [0.25, 0.3) is 5.57 Å². The number of para-hydroxylation sites is 1. The van der Waals surface area contributed by atoms with E-state index in [1.54, 1.807) is 6.20 Å². The standard InChI is InChI=1S/C24H28N4O/c1-16-11-17(2)15-27(14-16)20-9-10-23-21(12-20)18(3)22(13-26-23)24(29)28(25)19-7-5-4-6-8-19/h4-10,12-13,16-17,26H,3,11,14-15,25H2,1-2H3. The van der Waals surface area contributed by atoms with Gasteiger partial charge in [0.2, 0.25) is 0 Å². The van der Waals surface area contributed by atoms with Crippen LogP contribution in [0.5, 0.6) is 0 Å². The zero-order valence-corrected chi connectivity index (χ0v) is 17.1. The number of piperidine rings is 1. The Bertz CT molecular complexity index is 956. The first-order valence-electron chi connectivity index (χ1n) is 10.1. The molecule has 0 spiro atoms. The van der Waals surface area contributed by atoms with E-state index in [-0.39, 0.29) is 5.91 Å². The first-order valence-corrected chi connectivity index (χ1v) is 10.1. The smallest absolute Gasteiger partial charge is 0.274 e. The number of nitrogens with one attached hydrogen (secondary N) is 1. The lowest BCUT2D eigenvalue weighted by atomic mass is 9.90. The lowest BCUT2D eigenvalue weighted by Gasteiger charge is -2.37. The number of rotatable bonds is 3. The van der Waals surface area contributed by atoms with Gasteiger partial charge in [-0.3, -0.25) is 4.79 Å². The third-order valence-electron chi connectivity index (χ3n) is 5.74. The summed E-state index contributed by atoms with van der Waals surface area (Å²) in [6.45, 7) is 10.9. The van der Waals surface area contributed by atoms with Crippen molar-refractivity contribution in [1.82, 2.24) is 0 Å². The summed E-state index contributed by atoms with van der Waals surface area (Å²) in [5.41, 5.74) is 4.88. The van der Waals surface area contributed by atoms with Gasteiger partial charge >= 0.3 is 0 Å². The van der Waals surface area contributed by atoms with Gasteiger partial charge in [0.1, 0.15) is 0 Å². The summed E-state index contributed by atoms with van der Waals surface area (Å²) < 4.78 is 0. The van der Waals surface area contributed by atoms with Crippen molar-refractivity contribution in [2.75, 3.05) is 28.3 Å². The number of hydrogen-bond acceptors (Lipinski definition) is 4. The molecule has 2 aliphatic heterocycles. The number of hydrazine groups is 1. The van der Waals surface area contributed by atoms with Gasteiger partial charge in [0.05, 0.1) is 11.3 Å². The number of fused-ring (bicyclic) bond motifs is 1. The van der Waals surface area contributed by atoms with E-state index in [0.717, 1.165) is 24.3 Å². The molecule has 0 saturated carbocycles. The first-order chi connectivity index (χ1) is 13.9. The molecule has 150 valence electrons. The molecule has 5 nitrogen and oxygen atoms in total. The van der Waals surface area contributed by atoms with E-state index in [0.29, 0.717) is 28.7 Å². The van der Waals surface area contributed by atoms with Crippen molar-refractivity contribution >= 4 is 28.5 Å². The highest BCUT2D eigenvalue weighted by Gasteiger charge is 2.27. The van der Waals surface area contributed by atoms with E-state index < -0.39 is 0 Å². The Balaban J connectivity index is 1.59. The monoisotopic (exact) mass is 388 g/mol. The lowest BCUT2D eigenvalue weighted by Crippen LogP contribution is -2.39. The molecule has 2 aliphatic rings. The summed E-state index contributed by atoms with van der Waals surface area (Å²) in [6, 6.07) is 15.6. The third kappa shape index (κ3) is 3.78. The van der Waals surface area contributed by atoms with Crippen LogP contribution < -0.4 is 21.1 Å². The van der Waals surface area contributed by atoms with Gasteiger partial charge in [-0.25, -0.2) is 10.9 Å². The zero-order valence-electron chi connectivity index (χ0n) is 17.1. The Labute approximate surface area is 172 Å². The van der Waals surface area contributed by atoms with E-state index in [4.69, 9.17) is 5.84 Å². The molecular formula is C24H28N4O. The topological polar surface area (TPSA) is 61.6 Å². The molecule has 1 amide bonds. The van der Waals surface area contributed by atoms with Crippen molar-refractivity contribution in [3.63, 3.8) is 0 Å². The Morgan fingerprint density at radius 3 is 2.52 bits per heavy atom. The fourth-order valence-corrected chi connectivity index (χ4v) is 4.39. The molecule has 2 aromatic carbocycles. The van der Waals surface area contributed by atoms with Crippen LogP contribution in [0, 0.1) is 11.8 Å². The van der Waals surface area contributed by atoms with Crippen LogP contribution in [0.2, 0.25) is 0 Å². The summed E-state index contributed by atoms with van der Waals surface area (Å²) in [4.78, 5) is 15.4. The van der Waals surface area contributed by atoms with Crippen molar-refractivity contribution in [1.29, 1.82) is 0 Å². The highest BCUT2D eigenvalue weighted by atomic mass is 16.2. The maximum Gasteiger partial charge on any atom is 0.274 e. The van der Waals surface area contributed by atoms with Crippen LogP contribution in [-0.4, -0.2) is 19.0 Å². The summed E-state index contributed by atoms with van der Waals surface area (Å²) in [7, 11) is 0. The SMILES string of the molecule is C=C1C(C(=O)N(N)c2ccccc2)=CNc2ccc(N3CC(C)CC(C)C3)cc21. The van der Waals surface area contributed by atoms with Crippen molar-refractivity contribution in [3.05, 3.63) is 72.4 Å². The predicted molar refractivity (Wildman–Crippen MR) is 120 cm³/mol. The molecule has 4 rings (SSSR count). The second kappa shape index (κ2) is 7.76. The lowest BCUT2D eigenvalue weighted by molar-refractivity contribution is -0.114. The fraction of sp³-hybridized carbons (Fsp3) is 0.292. The summed E-state index contributed by atoms with van der Waals surface area (Å²) in [6.07, 6.45) is 2.96. The highest BCUT2D eigenvalue weighted by Crippen LogP contribution is 2.37. The van der Waals surface area contributed by atoms with Gasteiger partial charge in [0, 0.05) is 36.2 Å². The van der Waals surface area contributed by atoms with E-state index in [1.165, 1.54) is 17.1 Å². The van der Waals surface area contributed by atoms with E-state index >= 15 is 0 Å². The molecule has 1 saturated heterocycles. The van der Waals surface area contributed by atoms with Gasteiger partial charge in [-0.05, 0) is 54.2 Å². The molecule has 3 N–H and O–H groups in total. The summed E-state index contributed by atoms with van der Waals surface area (Å²) in [5, 5.41) is 4.40. The second-order valence-electron chi connectivity index (χ2n) is 8.27. The van der Waals surface area contributed by atoms with Crippen molar-refractivity contribution < 1.29 is 4.79 Å². The van der Waals surface area contributed by atoms with Crippen LogP contribution in [0.3, 0.4) is 0 Å². The van der Waals surface area contributed by atoms with Crippen LogP contribution in [0.15, 0.2) is 66.9 Å². The minimum atomic E-state index is -0.287. The quantitative estimate of drug-likeness (QED) is 0.465. The summed E-state index contributed by atoms with van der Waals surface area (Å²) >= 11 is 0. The van der Waals surface area contributed by atoms with Crippen LogP contribution in [0.4, 0.5) is 17.1 Å². The molecule has 0 bridgehead atoms. The molecule has 29 heavy (non-hydrogen) atoms. The van der Waals surface area contributed by atoms with Gasteiger partial charge < -0.3 is 10.2 Å². The highest BCUT2D eigenvalue weighted by molar-refractivity contribution is 6.17. The Hall–Kier alpha value is -3.05. The summed E-state index contributed by atoms with van der Waals surface area (Å²) in [5.74, 6) is 7.15. The van der Waals surface area contributed by atoms with Crippen LogP contribution >= 0.6 is 0 Å². The van der Waals surface area contributed by atoms with E-state index in [2.05, 4.69) is 48.8 Å². The number of hydrogen-bond donors (Lipinski definition) is 2. The van der Waals surface area contributed by atoms with E-state index in [1.807, 2.05) is 30.3 Å². The van der Waals surface area contributed by atoms with Gasteiger partial charge in [-0.15, -0.1) is 0 Å². The number of carbonyl (C=O) groups is 1. The Morgan fingerprint density at radius 1 is 1.14 bits per heavy atom. The largest absolute Gasteiger partial charge is 0.371 e. The minimum Gasteiger partial charge on any atom is -0.371 e. The molecule has 5 heteroatoms. The molecule has 2 unspecified atom stereocenters. The average Bonchev–Trinajstić information content (AvgIpc) is 2.73. The van der Waals surface area contributed by atoms with Crippen LogP contribution in [0.1, 0.15) is 25.8 Å². The van der Waals surface area contributed by atoms with Crippen molar-refractivity contribution in [2.24, 2.45) is 17.7 Å². The van der Waals surface area contributed by atoms with Crippen LogP contribution in [-0.2, 0) is 4.79 Å². The number of carbonyl (C=O) groups excluding carboxylic acids is 1. The number of nitrogens with zero attached hydrogens (tertiary/aromatic N) is 2. The van der Waals surface area contributed by atoms with Crippen molar-refractivity contribution in [2.45, 2.75) is 20.3 Å². The second-order valence-corrected chi connectivity index (χ2v) is 8.27. The molecule has 0 aromatic heterocycles. The third-order valence-corrected chi connectivity index (χ3v) is 5.74. The van der Waals surface area contributed by atoms with Gasteiger partial charge in [0.15, 0.2) is 0 Å². The molecule has 2 atom stereocenters. The van der Waals surface area contributed by atoms with Gasteiger partial charge in [0.25, 0.3) is 5.91 Å². The Kier molecular flexibility index (Phi) is 5.16. The maximum atomic E-state index is 13.0. The molecule has 2 aromatic rings. The normalized spacial score (nSPS) is 21.1. The van der Waals surface area contributed by atoms with E-state index in [9.17, 15) is 4.79 Å². The fourth-order valence-electron chi connectivity index (χ4n) is 4.39. The minimum absolute atomic E-state index is 0.287. The average molecular weight is 389 g/mol. The zero-order chi connectivity index (χ0) is 20.5. The molecule has 1 fully saturated rings. The van der Waals surface area contributed by atoms with Gasteiger partial charge in [-0.1, -0.05) is 38.6 Å². The first kappa shape index (κ1) is 19.3. The van der Waals surface area contributed by atoms with Crippen molar-refractivity contribution in [3.8, 4) is 0 Å². The maximum absolute atomic E-state index is 13.0. The molecular weight excluding hydrogens is 360 g/mol. The Morgan fingerprint density at radius 2 is 1.83 bits per heavy atom. The molecule has 0 aliphatic carbocycles.